The van der Waals surface area contributed by atoms with Crippen LogP contribution in [0.2, 0.25) is 0 Å². The van der Waals surface area contributed by atoms with Gasteiger partial charge < -0.3 is 10.1 Å². The van der Waals surface area contributed by atoms with Crippen LogP contribution in [-0.4, -0.2) is 25.7 Å². The second-order valence-electron chi connectivity index (χ2n) is 5.61. The fourth-order valence-electron chi connectivity index (χ4n) is 2.22. The predicted octanol–water partition coefficient (Wildman–Crippen LogP) is 2.13. The van der Waals surface area contributed by atoms with Crippen molar-refractivity contribution in [2.24, 2.45) is 0 Å². The lowest BCUT2D eigenvalue weighted by Crippen LogP contribution is -2.14. The van der Waals surface area contributed by atoms with Crippen LogP contribution in [0.25, 0.3) is 5.78 Å². The van der Waals surface area contributed by atoms with E-state index in [9.17, 15) is 4.79 Å². The smallest absolute Gasteiger partial charge is 0.274 e. The van der Waals surface area contributed by atoms with Crippen LogP contribution in [0.5, 0.6) is 5.75 Å². The first-order valence-corrected chi connectivity index (χ1v) is 7.47. The van der Waals surface area contributed by atoms with E-state index in [-0.39, 0.29) is 11.7 Å². The molecule has 2 aromatic heterocycles. The molecule has 2 heterocycles. The Bertz CT molecular complexity index is 864. The Hall–Kier alpha value is -2.83. The van der Waals surface area contributed by atoms with E-state index in [1.807, 2.05) is 38.1 Å². The molecule has 0 aliphatic heterocycles. The van der Waals surface area contributed by atoms with Crippen molar-refractivity contribution in [3.63, 3.8) is 0 Å². The summed E-state index contributed by atoms with van der Waals surface area (Å²) in [5.74, 6) is 1.71. The first kappa shape index (κ1) is 15.1. The molecule has 0 saturated heterocycles. The van der Waals surface area contributed by atoms with Gasteiger partial charge in [-0.3, -0.25) is 9.89 Å². The molecule has 23 heavy (non-hydrogen) atoms. The van der Waals surface area contributed by atoms with Gasteiger partial charge in [0.15, 0.2) is 0 Å². The summed E-state index contributed by atoms with van der Waals surface area (Å²) in [4.78, 5) is 20.3. The summed E-state index contributed by atoms with van der Waals surface area (Å²) in [6, 6.07) is 9.31. The number of hydrogen-bond acceptors (Lipinski definition) is 5. The van der Waals surface area contributed by atoms with Crippen molar-refractivity contribution < 1.29 is 4.74 Å². The van der Waals surface area contributed by atoms with Gasteiger partial charge in [-0.15, -0.1) is 0 Å². The topological polar surface area (TPSA) is 84.3 Å². The lowest BCUT2D eigenvalue weighted by atomic mass is 10.2. The summed E-state index contributed by atoms with van der Waals surface area (Å²) in [7, 11) is 0. The van der Waals surface area contributed by atoms with Crippen molar-refractivity contribution in [1.29, 1.82) is 0 Å². The molecule has 3 rings (SSSR count). The van der Waals surface area contributed by atoms with E-state index in [2.05, 4.69) is 20.4 Å². The van der Waals surface area contributed by atoms with E-state index in [0.717, 1.165) is 11.3 Å². The zero-order valence-corrected chi connectivity index (χ0v) is 13.3. The van der Waals surface area contributed by atoms with Gasteiger partial charge in [-0.2, -0.15) is 9.50 Å². The SMILES string of the molecule is Cc1cc(=O)n2[nH]c(NCc3ccc(OC(C)C)cc3)nc2n1. The number of hydrogen-bond donors (Lipinski definition) is 2. The van der Waals surface area contributed by atoms with Gasteiger partial charge in [0.05, 0.1) is 6.10 Å². The minimum atomic E-state index is -0.178. The Morgan fingerprint density at radius 1 is 1.26 bits per heavy atom. The number of aryl methyl sites for hydroxylation is 1. The van der Waals surface area contributed by atoms with E-state index in [0.29, 0.717) is 24.0 Å². The Morgan fingerprint density at radius 3 is 2.70 bits per heavy atom. The second kappa shape index (κ2) is 6.12. The Morgan fingerprint density at radius 2 is 2.00 bits per heavy atom. The molecule has 3 aromatic rings. The predicted molar refractivity (Wildman–Crippen MR) is 87.9 cm³/mol. The van der Waals surface area contributed by atoms with Crippen molar-refractivity contribution in [2.75, 3.05) is 5.32 Å². The first-order valence-electron chi connectivity index (χ1n) is 7.47. The fraction of sp³-hybridized carbons (Fsp3) is 0.312. The largest absolute Gasteiger partial charge is 0.491 e. The summed E-state index contributed by atoms with van der Waals surface area (Å²) < 4.78 is 6.93. The Kier molecular flexibility index (Phi) is 4.01. The van der Waals surface area contributed by atoms with Gasteiger partial charge in [0.2, 0.25) is 5.95 Å². The van der Waals surface area contributed by atoms with Gasteiger partial charge in [-0.25, -0.2) is 4.98 Å². The Labute approximate surface area is 133 Å². The average Bonchev–Trinajstić information content (AvgIpc) is 2.89. The molecule has 0 saturated carbocycles. The van der Waals surface area contributed by atoms with E-state index in [4.69, 9.17) is 4.74 Å². The first-order chi connectivity index (χ1) is 11.0. The standard InChI is InChI=1S/C16H19N5O2/c1-10(2)23-13-6-4-12(5-7-13)9-17-15-19-16-18-11(3)8-14(22)21(16)20-15/h4-8,10H,9H2,1-3H3,(H2,17,18,19,20). The third-order valence-corrected chi connectivity index (χ3v) is 3.21. The van der Waals surface area contributed by atoms with Crippen molar-refractivity contribution in [3.05, 3.63) is 51.9 Å². The van der Waals surface area contributed by atoms with Gasteiger partial charge in [-0.1, -0.05) is 12.1 Å². The normalized spacial score (nSPS) is 11.1. The minimum Gasteiger partial charge on any atom is -0.491 e. The van der Waals surface area contributed by atoms with Crippen molar-refractivity contribution in [3.8, 4) is 5.75 Å². The second-order valence-corrected chi connectivity index (χ2v) is 5.61. The number of nitrogens with one attached hydrogen (secondary N) is 2. The average molecular weight is 313 g/mol. The van der Waals surface area contributed by atoms with Crippen molar-refractivity contribution in [2.45, 2.75) is 33.4 Å². The molecule has 0 aliphatic carbocycles. The summed E-state index contributed by atoms with van der Waals surface area (Å²) in [6.45, 7) is 6.34. The van der Waals surface area contributed by atoms with Crippen LogP contribution in [0.1, 0.15) is 25.1 Å². The quantitative estimate of drug-likeness (QED) is 0.754. The molecule has 0 unspecified atom stereocenters. The monoisotopic (exact) mass is 313 g/mol. The summed E-state index contributed by atoms with van der Waals surface area (Å²) in [5.41, 5.74) is 1.55. The van der Waals surface area contributed by atoms with E-state index in [1.165, 1.54) is 10.6 Å². The summed E-state index contributed by atoms with van der Waals surface area (Å²) in [5, 5.41) is 6.04. The van der Waals surface area contributed by atoms with Crippen LogP contribution in [0.3, 0.4) is 0 Å². The maximum absolute atomic E-state index is 11.8. The molecule has 7 heteroatoms. The van der Waals surface area contributed by atoms with Gasteiger partial charge in [-0.05, 0) is 38.5 Å². The molecule has 0 spiro atoms. The third-order valence-electron chi connectivity index (χ3n) is 3.21. The molecular weight excluding hydrogens is 294 g/mol. The highest BCUT2D eigenvalue weighted by molar-refractivity contribution is 5.38. The number of H-pyrrole nitrogens is 1. The number of ether oxygens (including phenoxy) is 1. The lowest BCUT2D eigenvalue weighted by Gasteiger charge is -2.10. The van der Waals surface area contributed by atoms with Gasteiger partial charge >= 0.3 is 0 Å². The summed E-state index contributed by atoms with van der Waals surface area (Å²) in [6.07, 6.45) is 0.156. The lowest BCUT2D eigenvalue weighted by molar-refractivity contribution is 0.242. The molecule has 0 atom stereocenters. The number of benzene rings is 1. The number of rotatable bonds is 5. The summed E-state index contributed by atoms with van der Waals surface area (Å²) >= 11 is 0. The molecular formula is C16H19N5O2. The van der Waals surface area contributed by atoms with Crippen LogP contribution in [0.4, 0.5) is 5.95 Å². The van der Waals surface area contributed by atoms with Gasteiger partial charge in [0, 0.05) is 18.3 Å². The number of anilines is 1. The highest BCUT2D eigenvalue weighted by atomic mass is 16.5. The van der Waals surface area contributed by atoms with Gasteiger partial charge in [0.25, 0.3) is 11.3 Å². The fourth-order valence-corrected chi connectivity index (χ4v) is 2.22. The molecule has 0 amide bonds. The molecule has 120 valence electrons. The molecule has 0 aliphatic rings. The van der Waals surface area contributed by atoms with E-state index in [1.54, 1.807) is 6.92 Å². The van der Waals surface area contributed by atoms with Crippen LogP contribution in [0.15, 0.2) is 35.1 Å². The van der Waals surface area contributed by atoms with Gasteiger partial charge in [0.1, 0.15) is 5.75 Å². The van der Waals surface area contributed by atoms with Crippen LogP contribution in [-0.2, 0) is 6.54 Å². The molecule has 2 N–H and O–H groups in total. The van der Waals surface area contributed by atoms with Crippen molar-refractivity contribution >= 4 is 11.7 Å². The molecule has 0 radical (unpaired) electrons. The number of fused-ring (bicyclic) bond motifs is 1. The Balaban J connectivity index is 1.71. The maximum Gasteiger partial charge on any atom is 0.274 e. The zero-order chi connectivity index (χ0) is 16.4. The molecule has 1 aromatic carbocycles. The molecule has 0 bridgehead atoms. The molecule has 7 nitrogen and oxygen atoms in total. The van der Waals surface area contributed by atoms with E-state index >= 15 is 0 Å². The van der Waals surface area contributed by atoms with Crippen LogP contribution >= 0.6 is 0 Å². The molecule has 0 fully saturated rings. The number of aromatic amines is 1. The zero-order valence-electron chi connectivity index (χ0n) is 13.3. The van der Waals surface area contributed by atoms with Crippen LogP contribution in [0, 0.1) is 6.92 Å². The minimum absolute atomic E-state index is 0.156. The number of nitrogens with zero attached hydrogens (tertiary/aromatic N) is 3. The van der Waals surface area contributed by atoms with Crippen molar-refractivity contribution in [1.82, 2.24) is 19.6 Å². The van der Waals surface area contributed by atoms with E-state index < -0.39 is 0 Å². The highest BCUT2D eigenvalue weighted by Gasteiger charge is 2.06. The maximum atomic E-state index is 11.8. The highest BCUT2D eigenvalue weighted by Crippen LogP contribution is 2.14. The third kappa shape index (κ3) is 3.50. The number of aromatic nitrogens is 4. The van der Waals surface area contributed by atoms with Crippen LogP contribution < -0.4 is 15.6 Å².